The van der Waals surface area contributed by atoms with Gasteiger partial charge in [0.15, 0.2) is 0 Å². The molecule has 0 amide bonds. The number of nitrogens with zero attached hydrogens (tertiary/aromatic N) is 1. The van der Waals surface area contributed by atoms with E-state index in [1.54, 1.807) is 6.92 Å². The Balaban J connectivity index is 2.88. The first-order valence-corrected chi connectivity index (χ1v) is 6.33. The highest BCUT2D eigenvalue weighted by atomic mass is 79.9. The first-order chi connectivity index (χ1) is 8.34. The quantitative estimate of drug-likeness (QED) is 0.872. The zero-order valence-electron chi connectivity index (χ0n) is 9.89. The van der Waals surface area contributed by atoms with Crippen molar-refractivity contribution in [3.63, 3.8) is 0 Å². The van der Waals surface area contributed by atoms with E-state index in [1.165, 1.54) is 6.20 Å². The number of hydrogen-bond acceptors (Lipinski definition) is 3. The molecule has 7 heteroatoms. The molecule has 1 atom stereocenters. The van der Waals surface area contributed by atoms with Crippen LogP contribution in [0.3, 0.4) is 0 Å². The van der Waals surface area contributed by atoms with Crippen LogP contribution < -0.4 is 11.1 Å². The summed E-state index contributed by atoms with van der Waals surface area (Å²) in [5, 5.41) is 2.77. The van der Waals surface area contributed by atoms with Gasteiger partial charge in [0.1, 0.15) is 5.82 Å². The van der Waals surface area contributed by atoms with Crippen molar-refractivity contribution in [2.45, 2.75) is 32.0 Å². The lowest BCUT2D eigenvalue weighted by Crippen LogP contribution is -2.20. The molecule has 0 aromatic carbocycles. The second kappa shape index (κ2) is 6.38. The van der Waals surface area contributed by atoms with E-state index in [2.05, 4.69) is 26.2 Å². The number of hydrogen-bond donors (Lipinski definition) is 2. The molecule has 0 saturated heterocycles. The van der Waals surface area contributed by atoms with Crippen LogP contribution in [0.15, 0.2) is 16.7 Å². The van der Waals surface area contributed by atoms with E-state index in [4.69, 9.17) is 5.73 Å². The molecule has 1 unspecified atom stereocenters. The monoisotopic (exact) mass is 325 g/mol. The number of pyridine rings is 1. The van der Waals surface area contributed by atoms with Gasteiger partial charge in [0.05, 0.1) is 5.56 Å². The molecule has 0 bridgehead atoms. The third-order valence-corrected chi connectivity index (χ3v) is 2.82. The van der Waals surface area contributed by atoms with Gasteiger partial charge < -0.3 is 11.1 Å². The minimum Gasteiger partial charge on any atom is -0.367 e. The maximum atomic E-state index is 12.8. The van der Waals surface area contributed by atoms with Crippen molar-refractivity contribution in [1.82, 2.24) is 4.98 Å². The van der Waals surface area contributed by atoms with Gasteiger partial charge in [-0.05, 0) is 48.3 Å². The van der Waals surface area contributed by atoms with Crippen molar-refractivity contribution in [3.8, 4) is 0 Å². The van der Waals surface area contributed by atoms with Crippen molar-refractivity contribution in [1.29, 1.82) is 0 Å². The predicted molar refractivity (Wildman–Crippen MR) is 68.3 cm³/mol. The number of halogens is 4. The van der Waals surface area contributed by atoms with Crippen molar-refractivity contribution in [2.24, 2.45) is 5.73 Å². The van der Waals surface area contributed by atoms with Crippen LogP contribution in [-0.4, -0.2) is 17.6 Å². The van der Waals surface area contributed by atoms with Crippen molar-refractivity contribution in [2.75, 3.05) is 11.9 Å². The molecule has 18 heavy (non-hydrogen) atoms. The van der Waals surface area contributed by atoms with Crippen LogP contribution in [0.2, 0.25) is 0 Å². The van der Waals surface area contributed by atoms with E-state index in [0.717, 1.165) is 12.5 Å². The SMILES string of the molecule is CC(CCCN)Nc1ncc(Br)cc1C(F)(F)F. The number of alkyl halides is 3. The minimum atomic E-state index is -4.42. The predicted octanol–water partition coefficient (Wildman–Crippen LogP) is 3.40. The Labute approximate surface area is 112 Å². The molecule has 3 nitrogen and oxygen atoms in total. The highest BCUT2D eigenvalue weighted by Gasteiger charge is 2.34. The third-order valence-electron chi connectivity index (χ3n) is 2.38. The Morgan fingerprint density at radius 2 is 2.17 bits per heavy atom. The molecule has 3 N–H and O–H groups in total. The van der Waals surface area contributed by atoms with E-state index in [9.17, 15) is 13.2 Å². The van der Waals surface area contributed by atoms with Gasteiger partial charge in [-0.15, -0.1) is 0 Å². The molecule has 0 radical (unpaired) electrons. The molecular weight excluding hydrogens is 311 g/mol. The zero-order chi connectivity index (χ0) is 13.8. The number of aromatic nitrogens is 1. The molecule has 0 spiro atoms. The number of rotatable bonds is 5. The summed E-state index contributed by atoms with van der Waals surface area (Å²) in [4.78, 5) is 3.78. The van der Waals surface area contributed by atoms with Gasteiger partial charge in [0, 0.05) is 16.7 Å². The molecular formula is C11H15BrF3N3. The Morgan fingerprint density at radius 1 is 1.50 bits per heavy atom. The second-order valence-corrected chi connectivity index (χ2v) is 4.94. The lowest BCUT2D eigenvalue weighted by molar-refractivity contribution is -0.137. The van der Waals surface area contributed by atoms with E-state index in [1.807, 2.05) is 0 Å². The van der Waals surface area contributed by atoms with E-state index >= 15 is 0 Å². The van der Waals surface area contributed by atoms with Crippen molar-refractivity contribution >= 4 is 21.7 Å². The molecule has 0 aliphatic carbocycles. The molecule has 0 saturated carbocycles. The van der Waals surface area contributed by atoms with Crippen molar-refractivity contribution in [3.05, 3.63) is 22.3 Å². The highest BCUT2D eigenvalue weighted by molar-refractivity contribution is 9.10. The largest absolute Gasteiger partial charge is 0.419 e. The lowest BCUT2D eigenvalue weighted by atomic mass is 10.1. The lowest BCUT2D eigenvalue weighted by Gasteiger charge is -2.18. The first-order valence-electron chi connectivity index (χ1n) is 5.54. The Morgan fingerprint density at radius 3 is 2.72 bits per heavy atom. The maximum Gasteiger partial charge on any atom is 0.419 e. The molecule has 0 aliphatic rings. The number of nitrogens with two attached hydrogens (primary N) is 1. The maximum absolute atomic E-state index is 12.8. The van der Waals surface area contributed by atoms with Gasteiger partial charge >= 0.3 is 6.18 Å². The van der Waals surface area contributed by atoms with Crippen molar-refractivity contribution < 1.29 is 13.2 Å². The van der Waals surface area contributed by atoms with Crippen LogP contribution in [0.25, 0.3) is 0 Å². The summed E-state index contributed by atoms with van der Waals surface area (Å²) in [5.41, 5.74) is 4.59. The van der Waals surface area contributed by atoms with Gasteiger partial charge in [0.25, 0.3) is 0 Å². The van der Waals surface area contributed by atoms with Gasteiger partial charge in [-0.2, -0.15) is 13.2 Å². The Kier molecular flexibility index (Phi) is 5.40. The molecule has 102 valence electrons. The highest BCUT2D eigenvalue weighted by Crippen LogP contribution is 2.35. The summed E-state index contributed by atoms with van der Waals surface area (Å²) in [5.74, 6) is -0.143. The summed E-state index contributed by atoms with van der Waals surface area (Å²) in [7, 11) is 0. The first kappa shape index (κ1) is 15.2. The average Bonchev–Trinajstić information content (AvgIpc) is 2.27. The standard InChI is InChI=1S/C11H15BrF3N3/c1-7(3-2-4-16)18-10-9(11(13,14)15)5-8(12)6-17-10/h5-7H,2-4,16H2,1H3,(H,17,18). The smallest absolute Gasteiger partial charge is 0.367 e. The number of anilines is 1. The molecule has 1 aromatic heterocycles. The van der Waals surface area contributed by atoms with Crippen LogP contribution in [-0.2, 0) is 6.18 Å². The molecule has 1 rings (SSSR count). The van der Waals surface area contributed by atoms with Crippen LogP contribution in [0, 0.1) is 0 Å². The molecule has 0 fully saturated rings. The van der Waals surface area contributed by atoms with Crippen LogP contribution in [0.4, 0.5) is 19.0 Å². The van der Waals surface area contributed by atoms with Crippen LogP contribution >= 0.6 is 15.9 Å². The Bertz CT molecular complexity index is 396. The van der Waals surface area contributed by atoms with E-state index in [0.29, 0.717) is 17.4 Å². The summed E-state index contributed by atoms with van der Waals surface area (Å²) in [6, 6.07) is 0.911. The molecule has 0 aliphatic heterocycles. The third kappa shape index (κ3) is 4.45. The van der Waals surface area contributed by atoms with E-state index in [-0.39, 0.29) is 11.9 Å². The fraction of sp³-hybridized carbons (Fsp3) is 0.545. The number of nitrogens with one attached hydrogen (secondary N) is 1. The van der Waals surface area contributed by atoms with Gasteiger partial charge in [-0.3, -0.25) is 0 Å². The summed E-state index contributed by atoms with van der Waals surface area (Å²) < 4.78 is 38.7. The fourth-order valence-corrected chi connectivity index (χ4v) is 1.83. The van der Waals surface area contributed by atoms with Gasteiger partial charge in [-0.25, -0.2) is 4.98 Å². The topological polar surface area (TPSA) is 50.9 Å². The van der Waals surface area contributed by atoms with E-state index < -0.39 is 11.7 Å². The van der Waals surface area contributed by atoms with Gasteiger partial charge in [0.2, 0.25) is 0 Å². The molecule has 1 heterocycles. The normalized spacial score (nSPS) is 13.4. The second-order valence-electron chi connectivity index (χ2n) is 4.02. The van der Waals surface area contributed by atoms with Gasteiger partial charge in [-0.1, -0.05) is 0 Å². The zero-order valence-corrected chi connectivity index (χ0v) is 11.5. The fourth-order valence-electron chi connectivity index (χ4n) is 1.50. The van der Waals surface area contributed by atoms with Crippen LogP contribution in [0.5, 0.6) is 0 Å². The van der Waals surface area contributed by atoms with Crippen LogP contribution in [0.1, 0.15) is 25.3 Å². The minimum absolute atomic E-state index is 0.108. The summed E-state index contributed by atoms with van der Waals surface area (Å²) in [6.07, 6.45) is -1.63. The molecule has 1 aromatic rings. The average molecular weight is 326 g/mol. The Hall–Kier alpha value is -0.820. The summed E-state index contributed by atoms with van der Waals surface area (Å²) in [6.45, 7) is 2.32. The summed E-state index contributed by atoms with van der Waals surface area (Å²) >= 11 is 2.99.